The van der Waals surface area contributed by atoms with Crippen molar-refractivity contribution >= 4 is 0 Å². The zero-order valence-corrected chi connectivity index (χ0v) is 13.4. The lowest BCUT2D eigenvalue weighted by Gasteiger charge is -2.24. The smallest absolute Gasteiger partial charge is 0.141 e. The molecule has 0 saturated carbocycles. The van der Waals surface area contributed by atoms with Crippen molar-refractivity contribution in [1.82, 2.24) is 19.8 Å². The quantitative estimate of drug-likeness (QED) is 0.868. The van der Waals surface area contributed by atoms with E-state index in [1.807, 2.05) is 11.7 Å². The lowest BCUT2D eigenvalue weighted by molar-refractivity contribution is 0.244. The first-order valence-electron chi connectivity index (χ1n) is 7.78. The fraction of sp³-hybridized carbons (Fsp3) is 0.625. The Labute approximate surface area is 125 Å². The molecule has 21 heavy (non-hydrogen) atoms. The van der Waals surface area contributed by atoms with Gasteiger partial charge in [0, 0.05) is 43.4 Å². The first-order chi connectivity index (χ1) is 10.1. The zero-order valence-electron chi connectivity index (χ0n) is 13.4. The van der Waals surface area contributed by atoms with E-state index in [-0.39, 0.29) is 0 Å². The second-order valence-electron chi connectivity index (χ2n) is 6.00. The van der Waals surface area contributed by atoms with Crippen molar-refractivity contribution in [2.24, 2.45) is 7.05 Å². The van der Waals surface area contributed by atoms with Crippen LogP contribution in [-0.4, -0.2) is 26.4 Å². The number of aromatic nitrogens is 3. The van der Waals surface area contributed by atoms with E-state index >= 15 is 0 Å². The average Bonchev–Trinajstić information content (AvgIpc) is 3.11. The van der Waals surface area contributed by atoms with Gasteiger partial charge >= 0.3 is 0 Å². The Morgan fingerprint density at radius 1 is 1.33 bits per heavy atom. The van der Waals surface area contributed by atoms with Crippen LogP contribution in [0.3, 0.4) is 0 Å². The molecule has 5 heteroatoms. The Morgan fingerprint density at radius 2 is 2.14 bits per heavy atom. The van der Waals surface area contributed by atoms with Gasteiger partial charge in [-0.2, -0.15) is 5.10 Å². The predicted octanol–water partition coefficient (Wildman–Crippen LogP) is 2.92. The second kappa shape index (κ2) is 5.64. The van der Waals surface area contributed by atoms with E-state index in [1.54, 1.807) is 0 Å². The third-order valence-electron chi connectivity index (χ3n) is 4.49. The van der Waals surface area contributed by atoms with Gasteiger partial charge in [0.2, 0.25) is 0 Å². The Hall–Kier alpha value is -1.62. The lowest BCUT2D eigenvalue weighted by atomic mass is 10.0. The minimum absolute atomic E-state index is 0.436. The van der Waals surface area contributed by atoms with Gasteiger partial charge < -0.3 is 4.52 Å². The maximum atomic E-state index is 5.49. The summed E-state index contributed by atoms with van der Waals surface area (Å²) in [6.45, 7) is 8.37. The number of hydrogen-bond acceptors (Lipinski definition) is 4. The van der Waals surface area contributed by atoms with Crippen LogP contribution in [0.4, 0.5) is 0 Å². The Balaban J connectivity index is 1.85. The summed E-state index contributed by atoms with van der Waals surface area (Å²) in [7, 11) is 1.98. The summed E-state index contributed by atoms with van der Waals surface area (Å²) in [5, 5.41) is 8.63. The van der Waals surface area contributed by atoms with Crippen LogP contribution < -0.4 is 0 Å². The molecule has 114 valence electrons. The molecule has 0 aromatic carbocycles. The molecule has 2 aromatic rings. The molecule has 1 atom stereocenters. The van der Waals surface area contributed by atoms with E-state index in [4.69, 9.17) is 4.52 Å². The maximum absolute atomic E-state index is 5.49. The van der Waals surface area contributed by atoms with Crippen LogP contribution in [0, 0.1) is 13.8 Å². The largest absolute Gasteiger partial charge is 0.361 e. The summed E-state index contributed by atoms with van der Waals surface area (Å²) < 4.78 is 7.39. The van der Waals surface area contributed by atoms with Crippen molar-refractivity contribution in [2.45, 2.75) is 52.6 Å². The topological polar surface area (TPSA) is 47.1 Å². The van der Waals surface area contributed by atoms with Crippen LogP contribution in [0.1, 0.15) is 54.1 Å². The summed E-state index contributed by atoms with van der Waals surface area (Å²) in [5.41, 5.74) is 4.81. The Morgan fingerprint density at radius 3 is 2.81 bits per heavy atom. The van der Waals surface area contributed by atoms with Crippen LogP contribution in [0.15, 0.2) is 10.7 Å². The van der Waals surface area contributed by atoms with Crippen LogP contribution in [0.5, 0.6) is 0 Å². The van der Waals surface area contributed by atoms with Gasteiger partial charge in [0.25, 0.3) is 0 Å². The molecular weight excluding hydrogens is 264 g/mol. The van der Waals surface area contributed by atoms with Crippen molar-refractivity contribution in [3.63, 3.8) is 0 Å². The fourth-order valence-corrected chi connectivity index (χ4v) is 3.47. The van der Waals surface area contributed by atoms with Crippen LogP contribution in [0.2, 0.25) is 0 Å². The molecule has 2 aromatic heterocycles. The van der Waals surface area contributed by atoms with E-state index in [2.05, 4.69) is 42.1 Å². The summed E-state index contributed by atoms with van der Waals surface area (Å²) in [5.74, 6) is 1.05. The first-order valence-corrected chi connectivity index (χ1v) is 7.78. The Kier molecular flexibility index (Phi) is 3.85. The minimum Gasteiger partial charge on any atom is -0.361 e. The monoisotopic (exact) mass is 288 g/mol. The van der Waals surface area contributed by atoms with E-state index in [9.17, 15) is 0 Å². The normalized spacial score (nSPS) is 19.5. The minimum atomic E-state index is 0.436. The lowest BCUT2D eigenvalue weighted by Crippen LogP contribution is -2.23. The van der Waals surface area contributed by atoms with Crippen LogP contribution in [-0.2, 0) is 20.0 Å². The van der Waals surface area contributed by atoms with E-state index < -0.39 is 0 Å². The molecule has 1 aliphatic heterocycles. The zero-order chi connectivity index (χ0) is 15.0. The van der Waals surface area contributed by atoms with E-state index in [0.29, 0.717) is 6.04 Å². The van der Waals surface area contributed by atoms with Crippen molar-refractivity contribution in [2.75, 3.05) is 6.54 Å². The molecule has 0 aliphatic carbocycles. The molecule has 5 nitrogen and oxygen atoms in total. The van der Waals surface area contributed by atoms with Gasteiger partial charge in [-0.25, -0.2) is 0 Å². The van der Waals surface area contributed by atoms with Crippen molar-refractivity contribution < 1.29 is 4.52 Å². The summed E-state index contributed by atoms with van der Waals surface area (Å²) in [6.07, 6.45) is 5.46. The highest BCUT2D eigenvalue weighted by Crippen LogP contribution is 2.37. The van der Waals surface area contributed by atoms with Gasteiger partial charge in [-0.3, -0.25) is 9.58 Å². The van der Waals surface area contributed by atoms with Gasteiger partial charge in [0.05, 0.1) is 11.4 Å². The number of hydrogen-bond donors (Lipinski definition) is 0. The summed E-state index contributed by atoms with van der Waals surface area (Å²) in [6, 6.07) is 0.436. The second-order valence-corrected chi connectivity index (χ2v) is 6.00. The molecule has 3 heterocycles. The van der Waals surface area contributed by atoms with Gasteiger partial charge in [-0.1, -0.05) is 12.1 Å². The molecule has 1 aliphatic rings. The fourth-order valence-electron chi connectivity index (χ4n) is 3.47. The van der Waals surface area contributed by atoms with E-state index in [0.717, 1.165) is 36.7 Å². The van der Waals surface area contributed by atoms with Crippen LogP contribution >= 0.6 is 0 Å². The Bertz CT molecular complexity index is 628. The predicted molar refractivity (Wildman–Crippen MR) is 80.9 cm³/mol. The molecule has 1 saturated heterocycles. The van der Waals surface area contributed by atoms with Gasteiger partial charge in [0.15, 0.2) is 0 Å². The standard InChI is InChI=1S/C16H24N4O/c1-5-15-16(12(3)18-21-15)14-7-6-8-20(14)10-13-9-19(4)17-11(13)2/h9,14H,5-8,10H2,1-4H3. The van der Waals surface area contributed by atoms with Crippen molar-refractivity contribution in [1.29, 1.82) is 0 Å². The molecule has 1 unspecified atom stereocenters. The molecular formula is C16H24N4O. The van der Waals surface area contributed by atoms with Gasteiger partial charge in [-0.15, -0.1) is 0 Å². The summed E-state index contributed by atoms with van der Waals surface area (Å²) >= 11 is 0. The van der Waals surface area contributed by atoms with E-state index in [1.165, 1.54) is 24.0 Å². The molecule has 0 spiro atoms. The molecule has 0 radical (unpaired) electrons. The third-order valence-corrected chi connectivity index (χ3v) is 4.49. The molecule has 0 N–H and O–H groups in total. The SMILES string of the molecule is CCc1onc(C)c1C1CCCN1Cc1cn(C)nc1C. The van der Waals surface area contributed by atoms with Gasteiger partial charge in [0.1, 0.15) is 5.76 Å². The van der Waals surface area contributed by atoms with Gasteiger partial charge in [-0.05, 0) is 33.2 Å². The molecule has 1 fully saturated rings. The van der Waals surface area contributed by atoms with Crippen molar-refractivity contribution in [3.05, 3.63) is 34.5 Å². The number of nitrogens with zero attached hydrogens (tertiary/aromatic N) is 4. The highest BCUT2D eigenvalue weighted by atomic mass is 16.5. The highest BCUT2D eigenvalue weighted by Gasteiger charge is 2.31. The first kappa shape index (κ1) is 14.3. The molecule has 0 bridgehead atoms. The average molecular weight is 288 g/mol. The molecule has 0 amide bonds. The maximum Gasteiger partial charge on any atom is 0.141 e. The van der Waals surface area contributed by atoms with Crippen LogP contribution in [0.25, 0.3) is 0 Å². The third kappa shape index (κ3) is 2.62. The number of aryl methyl sites for hydroxylation is 4. The number of likely N-dealkylation sites (tertiary alicyclic amines) is 1. The highest BCUT2D eigenvalue weighted by molar-refractivity contribution is 5.27. The number of rotatable bonds is 4. The molecule has 3 rings (SSSR count). The summed E-state index contributed by atoms with van der Waals surface area (Å²) in [4.78, 5) is 2.54. The van der Waals surface area contributed by atoms with Crippen molar-refractivity contribution in [3.8, 4) is 0 Å².